The Morgan fingerprint density at radius 2 is 1.62 bits per heavy atom. The van der Waals surface area contributed by atoms with Crippen LogP contribution in [-0.4, -0.2) is 38.9 Å². The monoisotopic (exact) mass is 504 g/mol. The number of alkyl halides is 1. The molecule has 0 aliphatic rings. The number of methoxy groups -OCH3 is 2. The molecule has 0 aromatic carbocycles. The highest BCUT2D eigenvalue weighted by atomic mass is 79.9. The first-order valence-corrected chi connectivity index (χ1v) is 9.73. The third-order valence-electron chi connectivity index (χ3n) is 2.70. The molecule has 136 valence electrons. The summed E-state index contributed by atoms with van der Waals surface area (Å²) >= 11 is 9.42. The van der Waals surface area contributed by atoms with Crippen molar-refractivity contribution in [1.82, 2.24) is 0 Å². The summed E-state index contributed by atoms with van der Waals surface area (Å²) in [6.45, 7) is 0.866. The second-order valence-corrected chi connectivity index (χ2v) is 8.98. The molecule has 0 saturated carbocycles. The molecule has 0 unspecified atom stereocenters. The molecule has 0 fully saturated rings. The minimum Gasteiger partial charge on any atom is -0.400 e. The van der Waals surface area contributed by atoms with Crippen LogP contribution in [0.15, 0.2) is 31.8 Å². The highest BCUT2D eigenvalue weighted by Gasteiger charge is 2.33. The van der Waals surface area contributed by atoms with E-state index in [1.165, 1.54) is 36.9 Å². The first-order valence-electron chi connectivity index (χ1n) is 6.51. The topological polar surface area (TPSA) is 55.8 Å². The van der Waals surface area contributed by atoms with Crippen molar-refractivity contribution in [1.29, 1.82) is 0 Å². The van der Waals surface area contributed by atoms with Crippen LogP contribution in [0.25, 0.3) is 0 Å². The maximum absolute atomic E-state index is 12.7. The number of aliphatic hydroxyl groups is 1. The van der Waals surface area contributed by atoms with Crippen molar-refractivity contribution in [3.63, 3.8) is 0 Å². The molecular formula is C15H19Br2FO4S2. The van der Waals surface area contributed by atoms with Gasteiger partial charge in [0.05, 0.1) is 17.3 Å². The number of aliphatic hydroxyl groups excluding tert-OH is 1. The highest BCUT2D eigenvalue weighted by molar-refractivity contribution is 9.11. The Kier molecular flexibility index (Phi) is 12.2. The predicted octanol–water partition coefficient (Wildman–Crippen LogP) is 5.25. The van der Waals surface area contributed by atoms with Crippen molar-refractivity contribution in [2.45, 2.75) is 12.7 Å². The number of rotatable bonds is 5. The Hall–Kier alpha value is -0.160. The van der Waals surface area contributed by atoms with Crippen LogP contribution in [0.5, 0.6) is 0 Å². The van der Waals surface area contributed by atoms with Gasteiger partial charge < -0.3 is 14.6 Å². The Balaban J connectivity index is 0.000000420. The van der Waals surface area contributed by atoms with Crippen molar-refractivity contribution >= 4 is 60.3 Å². The molecule has 0 spiro atoms. The predicted molar refractivity (Wildman–Crippen MR) is 104 cm³/mol. The third-order valence-corrected chi connectivity index (χ3v) is 6.18. The first kappa shape index (κ1) is 23.8. The zero-order chi connectivity index (χ0) is 18.8. The SMILES string of the molecule is CC(=O)c1ccc(Br)s1.CO.COC(CF)(OC)c1ccc(Br)s1. The van der Waals surface area contributed by atoms with Crippen LogP contribution in [0, 0.1) is 0 Å². The molecule has 0 bridgehead atoms. The normalized spacial score (nSPS) is 10.3. The highest BCUT2D eigenvalue weighted by Crippen LogP contribution is 2.34. The van der Waals surface area contributed by atoms with Gasteiger partial charge in [-0.3, -0.25) is 4.79 Å². The van der Waals surface area contributed by atoms with E-state index in [-0.39, 0.29) is 5.78 Å². The van der Waals surface area contributed by atoms with Crippen molar-refractivity contribution < 1.29 is 23.8 Å². The molecular weight excluding hydrogens is 487 g/mol. The number of ketones is 1. The average Bonchev–Trinajstić information content (AvgIpc) is 3.21. The number of carbonyl (C=O) groups excluding carboxylic acids is 1. The number of halogens is 3. The fourth-order valence-electron chi connectivity index (χ4n) is 1.48. The molecule has 0 radical (unpaired) electrons. The van der Waals surface area contributed by atoms with E-state index < -0.39 is 12.5 Å². The van der Waals surface area contributed by atoms with E-state index in [0.29, 0.717) is 4.88 Å². The third kappa shape index (κ3) is 6.99. The summed E-state index contributed by atoms with van der Waals surface area (Å²) < 4.78 is 24.7. The van der Waals surface area contributed by atoms with E-state index in [1.54, 1.807) is 13.0 Å². The summed E-state index contributed by atoms with van der Waals surface area (Å²) in [5.74, 6) is -1.11. The van der Waals surface area contributed by atoms with E-state index in [0.717, 1.165) is 19.6 Å². The Morgan fingerprint density at radius 1 is 1.12 bits per heavy atom. The minimum absolute atomic E-state index is 0.130. The Morgan fingerprint density at radius 3 is 1.88 bits per heavy atom. The average molecular weight is 506 g/mol. The lowest BCUT2D eigenvalue weighted by molar-refractivity contribution is -0.222. The second kappa shape index (κ2) is 12.2. The van der Waals surface area contributed by atoms with Crippen molar-refractivity contribution in [2.24, 2.45) is 0 Å². The van der Waals surface area contributed by atoms with Gasteiger partial charge in [0, 0.05) is 21.3 Å². The summed E-state index contributed by atoms with van der Waals surface area (Å²) in [7, 11) is 3.85. The van der Waals surface area contributed by atoms with Gasteiger partial charge >= 0.3 is 0 Å². The summed E-state index contributed by atoms with van der Waals surface area (Å²) in [6, 6.07) is 7.31. The zero-order valence-corrected chi connectivity index (χ0v) is 18.4. The van der Waals surface area contributed by atoms with Crippen LogP contribution in [0.2, 0.25) is 0 Å². The van der Waals surface area contributed by atoms with E-state index in [9.17, 15) is 9.18 Å². The summed E-state index contributed by atoms with van der Waals surface area (Å²) in [4.78, 5) is 12.2. The summed E-state index contributed by atoms with van der Waals surface area (Å²) in [5, 5.41) is 7.00. The van der Waals surface area contributed by atoms with Crippen LogP contribution in [-0.2, 0) is 15.3 Å². The van der Waals surface area contributed by atoms with Crippen molar-refractivity contribution in [2.75, 3.05) is 28.0 Å². The smallest absolute Gasteiger partial charge is 0.233 e. The molecule has 0 saturated heterocycles. The van der Waals surface area contributed by atoms with Gasteiger partial charge in [0.15, 0.2) is 5.78 Å². The minimum atomic E-state index is -1.24. The largest absolute Gasteiger partial charge is 0.400 e. The summed E-state index contributed by atoms with van der Waals surface area (Å²) in [5.41, 5.74) is 0. The molecule has 24 heavy (non-hydrogen) atoms. The lowest BCUT2D eigenvalue weighted by atomic mass is 10.2. The van der Waals surface area contributed by atoms with Crippen LogP contribution >= 0.6 is 54.5 Å². The van der Waals surface area contributed by atoms with Crippen LogP contribution < -0.4 is 0 Å². The molecule has 2 heterocycles. The van der Waals surface area contributed by atoms with Gasteiger partial charge in [0.25, 0.3) is 0 Å². The van der Waals surface area contributed by atoms with Gasteiger partial charge in [-0.25, -0.2) is 4.39 Å². The number of hydrogen-bond acceptors (Lipinski definition) is 6. The van der Waals surface area contributed by atoms with E-state index in [1.807, 2.05) is 18.2 Å². The standard InChI is InChI=1S/C8H10BrFO2S.C6H5BrOS.CH4O/c1-11-8(5-10,12-2)6-3-4-7(9)13-6;1-4(8)5-2-3-6(7)9-5;1-2/h3-4H,5H2,1-2H3;2-3H,1H3;2H,1H3. The number of hydrogen-bond donors (Lipinski definition) is 1. The quantitative estimate of drug-likeness (QED) is 0.445. The van der Waals surface area contributed by atoms with Gasteiger partial charge in [-0.2, -0.15) is 0 Å². The molecule has 4 nitrogen and oxygen atoms in total. The maximum Gasteiger partial charge on any atom is 0.233 e. The van der Waals surface area contributed by atoms with Crippen molar-refractivity contribution in [3.05, 3.63) is 41.6 Å². The number of thiophene rings is 2. The molecule has 9 heteroatoms. The van der Waals surface area contributed by atoms with Gasteiger partial charge in [0.2, 0.25) is 5.79 Å². The molecule has 0 amide bonds. The number of Topliss-reactive ketones (excluding diaryl/α,β-unsaturated/α-hetero) is 1. The fourth-order valence-corrected chi connectivity index (χ4v) is 4.28. The molecule has 2 rings (SSSR count). The van der Waals surface area contributed by atoms with Gasteiger partial charge in [-0.05, 0) is 63.0 Å². The molecule has 1 N–H and O–H groups in total. The van der Waals surface area contributed by atoms with Crippen LogP contribution in [0.3, 0.4) is 0 Å². The molecule has 0 aliphatic carbocycles. The van der Waals surface area contributed by atoms with Crippen LogP contribution in [0.1, 0.15) is 21.5 Å². The van der Waals surface area contributed by atoms with Crippen LogP contribution in [0.4, 0.5) is 4.39 Å². The fraction of sp³-hybridized carbons (Fsp3) is 0.400. The molecule has 2 aromatic rings. The first-order chi connectivity index (χ1) is 11.4. The van der Waals surface area contributed by atoms with Gasteiger partial charge in [-0.15, -0.1) is 22.7 Å². The molecule has 2 aromatic heterocycles. The summed E-state index contributed by atoms with van der Waals surface area (Å²) in [6.07, 6.45) is 0. The molecule has 0 atom stereocenters. The number of carbonyl (C=O) groups is 1. The maximum atomic E-state index is 12.7. The number of ether oxygens (including phenoxy) is 2. The lowest BCUT2D eigenvalue weighted by Crippen LogP contribution is -2.32. The van der Waals surface area contributed by atoms with E-state index in [2.05, 4.69) is 31.9 Å². The van der Waals surface area contributed by atoms with E-state index in [4.69, 9.17) is 14.6 Å². The van der Waals surface area contributed by atoms with E-state index >= 15 is 0 Å². The Bertz CT molecular complexity index is 604. The van der Waals surface area contributed by atoms with Crippen molar-refractivity contribution in [3.8, 4) is 0 Å². The van der Waals surface area contributed by atoms with Gasteiger partial charge in [-0.1, -0.05) is 0 Å². The van der Waals surface area contributed by atoms with Gasteiger partial charge in [0.1, 0.15) is 6.67 Å². The Labute approximate surface area is 165 Å². The lowest BCUT2D eigenvalue weighted by Gasteiger charge is -2.26. The second-order valence-electron chi connectivity index (χ2n) is 4.06. The zero-order valence-electron chi connectivity index (χ0n) is 13.6. The molecule has 0 aliphatic heterocycles.